The van der Waals surface area contributed by atoms with Crippen molar-refractivity contribution >= 4 is 6.21 Å². The van der Waals surface area contributed by atoms with Crippen molar-refractivity contribution in [3.05, 3.63) is 23.0 Å². The summed E-state index contributed by atoms with van der Waals surface area (Å²) in [5.74, 6) is 0.129. The number of hydrogen-bond donors (Lipinski definition) is 2. The van der Waals surface area contributed by atoms with E-state index in [0.29, 0.717) is 22.9 Å². The van der Waals surface area contributed by atoms with Crippen molar-refractivity contribution < 1.29 is 10.2 Å². The standard InChI is InChI=1S/C15H22N2O2/c1-11-15(19)14(12(10-18)8-16-11)9-17-13-6-4-2-3-5-7-13/h8-9,13,18-19H,2-7,10H2,1H3. The highest BCUT2D eigenvalue weighted by molar-refractivity contribution is 5.85. The van der Waals surface area contributed by atoms with Crippen molar-refractivity contribution in [1.82, 2.24) is 4.98 Å². The Balaban J connectivity index is 2.19. The van der Waals surface area contributed by atoms with E-state index in [1.54, 1.807) is 19.3 Å². The third kappa shape index (κ3) is 3.53. The Bertz CT molecular complexity index is 450. The Labute approximate surface area is 114 Å². The van der Waals surface area contributed by atoms with Gasteiger partial charge in [-0.25, -0.2) is 0 Å². The van der Waals surface area contributed by atoms with E-state index in [4.69, 9.17) is 0 Å². The second kappa shape index (κ2) is 6.66. The Hall–Kier alpha value is -1.42. The molecule has 0 saturated heterocycles. The third-order valence-electron chi connectivity index (χ3n) is 3.77. The summed E-state index contributed by atoms with van der Waals surface area (Å²) in [5, 5.41) is 19.3. The van der Waals surface area contributed by atoms with Gasteiger partial charge in [0.15, 0.2) is 0 Å². The first-order valence-corrected chi connectivity index (χ1v) is 7.04. The number of aliphatic hydroxyl groups excluding tert-OH is 1. The summed E-state index contributed by atoms with van der Waals surface area (Å²) >= 11 is 0. The number of hydrogen-bond acceptors (Lipinski definition) is 4. The second-order valence-electron chi connectivity index (χ2n) is 5.21. The van der Waals surface area contributed by atoms with E-state index in [2.05, 4.69) is 9.98 Å². The molecule has 0 atom stereocenters. The molecule has 1 saturated carbocycles. The Morgan fingerprint density at radius 1 is 1.32 bits per heavy atom. The van der Waals surface area contributed by atoms with Gasteiger partial charge in [-0.15, -0.1) is 0 Å². The van der Waals surface area contributed by atoms with Gasteiger partial charge in [-0.1, -0.05) is 25.7 Å². The highest BCUT2D eigenvalue weighted by Crippen LogP contribution is 2.24. The number of aromatic hydroxyl groups is 1. The van der Waals surface area contributed by atoms with Crippen LogP contribution in [0, 0.1) is 6.92 Å². The number of aryl methyl sites for hydroxylation is 1. The summed E-state index contributed by atoms with van der Waals surface area (Å²) < 4.78 is 0. The summed E-state index contributed by atoms with van der Waals surface area (Å²) in [4.78, 5) is 8.65. The molecule has 0 unspecified atom stereocenters. The quantitative estimate of drug-likeness (QED) is 0.650. The highest BCUT2D eigenvalue weighted by atomic mass is 16.3. The van der Waals surface area contributed by atoms with Crippen LogP contribution in [0.5, 0.6) is 5.75 Å². The van der Waals surface area contributed by atoms with Crippen molar-refractivity contribution in [2.24, 2.45) is 4.99 Å². The van der Waals surface area contributed by atoms with E-state index in [0.717, 1.165) is 12.8 Å². The molecule has 0 spiro atoms. The predicted octanol–water partition coefficient (Wildman–Crippen LogP) is 2.73. The first-order valence-electron chi connectivity index (χ1n) is 7.04. The highest BCUT2D eigenvalue weighted by Gasteiger charge is 2.12. The second-order valence-corrected chi connectivity index (χ2v) is 5.21. The molecule has 0 aliphatic heterocycles. The van der Waals surface area contributed by atoms with Gasteiger partial charge in [0, 0.05) is 29.6 Å². The minimum Gasteiger partial charge on any atom is -0.505 e. The van der Waals surface area contributed by atoms with Crippen molar-refractivity contribution in [2.75, 3.05) is 0 Å². The fourth-order valence-electron chi connectivity index (χ4n) is 2.51. The van der Waals surface area contributed by atoms with E-state index < -0.39 is 0 Å². The molecule has 1 aromatic rings. The van der Waals surface area contributed by atoms with Gasteiger partial charge in [0.05, 0.1) is 12.3 Å². The molecule has 1 aliphatic rings. The van der Waals surface area contributed by atoms with Crippen LogP contribution in [0.3, 0.4) is 0 Å². The lowest BCUT2D eigenvalue weighted by molar-refractivity contribution is 0.280. The average Bonchev–Trinajstić information content (AvgIpc) is 2.69. The van der Waals surface area contributed by atoms with Crippen LogP contribution in [0.2, 0.25) is 0 Å². The molecule has 1 heterocycles. The number of pyridine rings is 1. The zero-order valence-electron chi connectivity index (χ0n) is 11.5. The van der Waals surface area contributed by atoms with Gasteiger partial charge in [-0.05, 0) is 19.8 Å². The smallest absolute Gasteiger partial charge is 0.145 e. The maximum Gasteiger partial charge on any atom is 0.145 e. The number of aliphatic imine (C=N–C) groups is 1. The fourth-order valence-corrected chi connectivity index (χ4v) is 2.51. The van der Waals surface area contributed by atoms with Gasteiger partial charge in [0.25, 0.3) is 0 Å². The average molecular weight is 262 g/mol. The Morgan fingerprint density at radius 2 is 2.00 bits per heavy atom. The lowest BCUT2D eigenvalue weighted by Crippen LogP contribution is -2.04. The molecule has 0 bridgehead atoms. The van der Waals surface area contributed by atoms with E-state index in [1.165, 1.54) is 25.7 Å². The van der Waals surface area contributed by atoms with E-state index in [1.807, 2.05) is 0 Å². The van der Waals surface area contributed by atoms with Crippen LogP contribution < -0.4 is 0 Å². The van der Waals surface area contributed by atoms with Crippen LogP contribution in [0.15, 0.2) is 11.2 Å². The molecule has 1 aliphatic carbocycles. The van der Waals surface area contributed by atoms with Crippen molar-refractivity contribution in [3.63, 3.8) is 0 Å². The molecule has 0 radical (unpaired) electrons. The predicted molar refractivity (Wildman–Crippen MR) is 75.6 cm³/mol. The molecule has 104 valence electrons. The first kappa shape index (κ1) is 14.0. The monoisotopic (exact) mass is 262 g/mol. The molecule has 2 N–H and O–H groups in total. The molecular formula is C15H22N2O2. The summed E-state index contributed by atoms with van der Waals surface area (Å²) in [6.45, 7) is 1.62. The van der Waals surface area contributed by atoms with E-state index >= 15 is 0 Å². The topological polar surface area (TPSA) is 65.7 Å². The van der Waals surface area contributed by atoms with Gasteiger partial charge in [0.1, 0.15) is 5.75 Å². The van der Waals surface area contributed by atoms with Crippen LogP contribution >= 0.6 is 0 Å². The Kier molecular flexibility index (Phi) is 4.91. The molecule has 1 aromatic heterocycles. The number of rotatable bonds is 3. The maximum absolute atomic E-state index is 10.0. The van der Waals surface area contributed by atoms with E-state index in [-0.39, 0.29) is 12.4 Å². The SMILES string of the molecule is Cc1ncc(CO)c(C=NC2CCCCCC2)c1O. The van der Waals surface area contributed by atoms with Gasteiger partial charge < -0.3 is 10.2 Å². The van der Waals surface area contributed by atoms with Gasteiger partial charge in [0.2, 0.25) is 0 Å². The number of nitrogens with zero attached hydrogens (tertiary/aromatic N) is 2. The van der Waals surface area contributed by atoms with Crippen molar-refractivity contribution in [2.45, 2.75) is 58.1 Å². The summed E-state index contributed by atoms with van der Waals surface area (Å²) in [5.41, 5.74) is 1.80. The Morgan fingerprint density at radius 3 is 2.63 bits per heavy atom. The van der Waals surface area contributed by atoms with E-state index in [9.17, 15) is 10.2 Å². The molecule has 0 amide bonds. The minimum absolute atomic E-state index is 0.129. The molecule has 0 aromatic carbocycles. The molecular weight excluding hydrogens is 240 g/mol. The summed E-state index contributed by atoms with van der Waals surface area (Å²) in [6, 6.07) is 0.349. The van der Waals surface area contributed by atoms with Crippen LogP contribution in [0.25, 0.3) is 0 Å². The molecule has 4 nitrogen and oxygen atoms in total. The minimum atomic E-state index is -0.132. The van der Waals surface area contributed by atoms with Crippen LogP contribution in [0.4, 0.5) is 0 Å². The molecule has 2 rings (SSSR count). The van der Waals surface area contributed by atoms with Gasteiger partial charge in [-0.3, -0.25) is 9.98 Å². The third-order valence-corrected chi connectivity index (χ3v) is 3.77. The van der Waals surface area contributed by atoms with Crippen LogP contribution in [-0.2, 0) is 6.61 Å². The zero-order valence-corrected chi connectivity index (χ0v) is 11.5. The zero-order chi connectivity index (χ0) is 13.7. The van der Waals surface area contributed by atoms with Crippen LogP contribution in [-0.4, -0.2) is 27.5 Å². The van der Waals surface area contributed by atoms with Crippen LogP contribution in [0.1, 0.15) is 55.3 Å². The number of aliphatic hydroxyl groups is 1. The first-order chi connectivity index (χ1) is 9.22. The number of aromatic nitrogens is 1. The molecule has 1 fully saturated rings. The molecule has 19 heavy (non-hydrogen) atoms. The van der Waals surface area contributed by atoms with Crippen molar-refractivity contribution in [3.8, 4) is 5.75 Å². The largest absolute Gasteiger partial charge is 0.505 e. The van der Waals surface area contributed by atoms with Gasteiger partial charge in [-0.2, -0.15) is 0 Å². The fraction of sp³-hybridized carbons (Fsp3) is 0.600. The lowest BCUT2D eigenvalue weighted by Gasteiger charge is -2.10. The summed E-state index contributed by atoms with van der Waals surface area (Å²) in [7, 11) is 0. The van der Waals surface area contributed by atoms with Gasteiger partial charge >= 0.3 is 0 Å². The molecule has 4 heteroatoms. The lowest BCUT2D eigenvalue weighted by atomic mass is 10.1. The maximum atomic E-state index is 10.0. The summed E-state index contributed by atoms with van der Waals surface area (Å²) in [6.07, 6.45) is 10.6. The van der Waals surface area contributed by atoms with Crippen molar-refractivity contribution in [1.29, 1.82) is 0 Å². The normalized spacial score (nSPS) is 17.8.